The molecule has 0 bridgehead atoms. The largest absolute Gasteiger partial charge is 0.387 e. The molecule has 0 radical (unpaired) electrons. The van der Waals surface area contributed by atoms with Crippen LogP contribution >= 0.6 is 15.9 Å². The number of hydrogen-bond donors (Lipinski definition) is 3. The third-order valence-electron chi connectivity index (χ3n) is 1.62. The standard InChI is InChI=1S/C8H9BrFN3/c1-13-7-4(9)2-3-5(10)6(7)8(11)12/h2-3,13H,1H3,(H3,11,12). The van der Waals surface area contributed by atoms with Crippen LogP contribution in [0.2, 0.25) is 0 Å². The van der Waals surface area contributed by atoms with E-state index in [1.807, 2.05) is 0 Å². The van der Waals surface area contributed by atoms with E-state index in [4.69, 9.17) is 11.1 Å². The number of halogens is 2. The molecule has 0 aromatic heterocycles. The van der Waals surface area contributed by atoms with Crippen molar-refractivity contribution in [1.82, 2.24) is 0 Å². The Hall–Kier alpha value is -1.10. The predicted molar refractivity (Wildman–Crippen MR) is 54.7 cm³/mol. The van der Waals surface area contributed by atoms with E-state index in [1.165, 1.54) is 6.07 Å². The molecule has 4 N–H and O–H groups in total. The van der Waals surface area contributed by atoms with Crippen molar-refractivity contribution in [1.29, 1.82) is 5.41 Å². The van der Waals surface area contributed by atoms with Crippen molar-refractivity contribution < 1.29 is 4.39 Å². The third kappa shape index (κ3) is 1.80. The molecule has 0 saturated carbocycles. The van der Waals surface area contributed by atoms with E-state index < -0.39 is 5.82 Å². The van der Waals surface area contributed by atoms with E-state index in [-0.39, 0.29) is 11.4 Å². The molecular formula is C8H9BrFN3. The molecule has 1 aromatic rings. The topological polar surface area (TPSA) is 61.9 Å². The van der Waals surface area contributed by atoms with Gasteiger partial charge in [0.2, 0.25) is 0 Å². The van der Waals surface area contributed by atoms with Crippen LogP contribution < -0.4 is 11.1 Å². The predicted octanol–water partition coefficient (Wildman–Crippen LogP) is 1.91. The summed E-state index contributed by atoms with van der Waals surface area (Å²) in [5.74, 6) is -0.789. The highest BCUT2D eigenvalue weighted by atomic mass is 79.9. The molecule has 70 valence electrons. The van der Waals surface area contributed by atoms with Gasteiger partial charge >= 0.3 is 0 Å². The maximum atomic E-state index is 13.2. The summed E-state index contributed by atoms with van der Waals surface area (Å²) in [4.78, 5) is 0. The molecule has 0 aliphatic carbocycles. The Balaban J connectivity index is 3.43. The first-order valence-corrected chi connectivity index (χ1v) is 4.37. The highest BCUT2D eigenvalue weighted by molar-refractivity contribution is 9.10. The van der Waals surface area contributed by atoms with Gasteiger partial charge in [0.05, 0.1) is 11.3 Å². The average Bonchev–Trinajstić information content (AvgIpc) is 2.07. The minimum atomic E-state index is -0.500. The number of amidine groups is 1. The summed E-state index contributed by atoms with van der Waals surface area (Å²) in [6.45, 7) is 0. The Morgan fingerprint density at radius 1 is 1.62 bits per heavy atom. The van der Waals surface area contributed by atoms with Crippen LogP contribution in [0.5, 0.6) is 0 Å². The van der Waals surface area contributed by atoms with Gasteiger partial charge in [-0.05, 0) is 28.1 Å². The number of rotatable bonds is 2. The van der Waals surface area contributed by atoms with Crippen LogP contribution in [0.25, 0.3) is 0 Å². The average molecular weight is 246 g/mol. The number of nitrogens with two attached hydrogens (primary N) is 1. The van der Waals surface area contributed by atoms with Crippen molar-refractivity contribution in [2.45, 2.75) is 0 Å². The van der Waals surface area contributed by atoms with Gasteiger partial charge in [-0.1, -0.05) is 0 Å². The number of benzene rings is 1. The van der Waals surface area contributed by atoms with Crippen LogP contribution in [0, 0.1) is 11.2 Å². The second kappa shape index (κ2) is 3.74. The fourth-order valence-electron chi connectivity index (χ4n) is 1.06. The molecule has 0 saturated heterocycles. The molecule has 13 heavy (non-hydrogen) atoms. The molecule has 1 rings (SSSR count). The summed E-state index contributed by atoms with van der Waals surface area (Å²) in [5.41, 5.74) is 5.83. The Morgan fingerprint density at radius 3 is 2.62 bits per heavy atom. The number of anilines is 1. The Bertz CT molecular complexity index is 351. The van der Waals surface area contributed by atoms with Gasteiger partial charge in [-0.3, -0.25) is 5.41 Å². The van der Waals surface area contributed by atoms with Gasteiger partial charge in [-0.25, -0.2) is 4.39 Å². The van der Waals surface area contributed by atoms with E-state index in [9.17, 15) is 4.39 Å². The maximum absolute atomic E-state index is 13.2. The molecule has 3 nitrogen and oxygen atoms in total. The van der Waals surface area contributed by atoms with Crippen molar-refractivity contribution in [3.05, 3.63) is 28.0 Å². The zero-order valence-electron chi connectivity index (χ0n) is 6.99. The Kier molecular flexibility index (Phi) is 2.87. The van der Waals surface area contributed by atoms with Crippen LogP contribution in [0.4, 0.5) is 10.1 Å². The third-order valence-corrected chi connectivity index (χ3v) is 2.28. The van der Waals surface area contributed by atoms with Gasteiger partial charge in [0.1, 0.15) is 11.7 Å². The van der Waals surface area contributed by atoms with Crippen LogP contribution in [-0.2, 0) is 0 Å². The van der Waals surface area contributed by atoms with Gasteiger partial charge in [0, 0.05) is 11.5 Å². The smallest absolute Gasteiger partial charge is 0.136 e. The highest BCUT2D eigenvalue weighted by Gasteiger charge is 2.13. The zero-order chi connectivity index (χ0) is 10.0. The lowest BCUT2D eigenvalue weighted by molar-refractivity contribution is 0.625. The lowest BCUT2D eigenvalue weighted by atomic mass is 10.1. The van der Waals surface area contributed by atoms with Crippen molar-refractivity contribution >= 4 is 27.5 Å². The second-order valence-electron chi connectivity index (χ2n) is 2.44. The highest BCUT2D eigenvalue weighted by Crippen LogP contribution is 2.27. The van der Waals surface area contributed by atoms with Crippen LogP contribution in [0.3, 0.4) is 0 Å². The van der Waals surface area contributed by atoms with Gasteiger partial charge in [0.15, 0.2) is 0 Å². The molecule has 0 atom stereocenters. The van der Waals surface area contributed by atoms with Crippen molar-refractivity contribution in [2.24, 2.45) is 5.73 Å². The van der Waals surface area contributed by atoms with Crippen LogP contribution in [-0.4, -0.2) is 12.9 Å². The molecule has 0 unspecified atom stereocenters. The first-order chi connectivity index (χ1) is 6.07. The summed E-state index contributed by atoms with van der Waals surface area (Å²) in [6.07, 6.45) is 0. The van der Waals surface area contributed by atoms with E-state index in [0.717, 1.165) is 0 Å². The lowest BCUT2D eigenvalue weighted by Gasteiger charge is -2.10. The molecule has 0 amide bonds. The molecule has 0 spiro atoms. The molecule has 0 aliphatic heterocycles. The summed E-state index contributed by atoms with van der Waals surface area (Å²) >= 11 is 3.23. The van der Waals surface area contributed by atoms with Gasteiger partial charge < -0.3 is 11.1 Å². The number of nitrogen functional groups attached to an aromatic ring is 1. The van der Waals surface area contributed by atoms with E-state index in [2.05, 4.69) is 21.2 Å². The minimum Gasteiger partial charge on any atom is -0.387 e. The molecule has 1 aromatic carbocycles. The van der Waals surface area contributed by atoms with Crippen molar-refractivity contribution in [2.75, 3.05) is 12.4 Å². The van der Waals surface area contributed by atoms with Crippen molar-refractivity contribution in [3.8, 4) is 0 Å². The quantitative estimate of drug-likeness (QED) is 0.551. The van der Waals surface area contributed by atoms with Gasteiger partial charge in [0.25, 0.3) is 0 Å². The first kappa shape index (κ1) is 9.98. The number of hydrogen-bond acceptors (Lipinski definition) is 2. The van der Waals surface area contributed by atoms with Crippen LogP contribution in [0.15, 0.2) is 16.6 Å². The monoisotopic (exact) mass is 245 g/mol. The van der Waals surface area contributed by atoms with Gasteiger partial charge in [-0.15, -0.1) is 0 Å². The molecule has 0 fully saturated rings. The molecule has 0 aliphatic rings. The fraction of sp³-hybridized carbons (Fsp3) is 0.125. The van der Waals surface area contributed by atoms with E-state index >= 15 is 0 Å². The SMILES string of the molecule is CNc1c(Br)ccc(F)c1C(=N)N. The minimum absolute atomic E-state index is 0.0943. The Morgan fingerprint density at radius 2 is 2.23 bits per heavy atom. The van der Waals surface area contributed by atoms with Gasteiger partial charge in [-0.2, -0.15) is 0 Å². The summed E-state index contributed by atoms with van der Waals surface area (Å²) in [7, 11) is 1.64. The maximum Gasteiger partial charge on any atom is 0.136 e. The van der Waals surface area contributed by atoms with E-state index in [0.29, 0.717) is 10.2 Å². The molecule has 0 heterocycles. The fourth-order valence-corrected chi connectivity index (χ4v) is 1.59. The van der Waals surface area contributed by atoms with Crippen LogP contribution in [0.1, 0.15) is 5.56 Å². The van der Waals surface area contributed by atoms with E-state index in [1.54, 1.807) is 13.1 Å². The summed E-state index contributed by atoms with van der Waals surface area (Å²) in [6, 6.07) is 2.83. The normalized spacial score (nSPS) is 9.77. The Labute approximate surface area is 83.8 Å². The first-order valence-electron chi connectivity index (χ1n) is 3.58. The van der Waals surface area contributed by atoms with Crippen molar-refractivity contribution in [3.63, 3.8) is 0 Å². The molecule has 5 heteroatoms. The second-order valence-corrected chi connectivity index (χ2v) is 3.30. The molecular weight excluding hydrogens is 237 g/mol. The summed E-state index contributed by atoms with van der Waals surface area (Å²) in [5, 5.41) is 9.97. The zero-order valence-corrected chi connectivity index (χ0v) is 8.57. The lowest BCUT2D eigenvalue weighted by Crippen LogP contribution is -2.16. The summed E-state index contributed by atoms with van der Waals surface area (Å²) < 4.78 is 13.9. The number of nitrogens with one attached hydrogen (secondary N) is 2.